The van der Waals surface area contributed by atoms with Gasteiger partial charge in [-0.05, 0) is 16.7 Å². The number of hydrogen-bond acceptors (Lipinski definition) is 11. The third-order valence-corrected chi connectivity index (χ3v) is 8.51. The molecule has 2 aliphatic heterocycles. The molecule has 0 saturated carbocycles. The van der Waals surface area contributed by atoms with Crippen LogP contribution in [0.25, 0.3) is 0 Å². The van der Waals surface area contributed by atoms with Crippen molar-refractivity contribution in [1.29, 1.82) is 0 Å². The van der Waals surface area contributed by atoms with E-state index in [0.29, 0.717) is 26.2 Å². The highest BCUT2D eigenvalue weighted by atomic mass is 16.8. The lowest BCUT2D eigenvalue weighted by atomic mass is 9.97. The van der Waals surface area contributed by atoms with Crippen molar-refractivity contribution < 1.29 is 52.2 Å². The molecule has 0 unspecified atom stereocenters. The fraction of sp³-hybridized carbons (Fsp3) is 0.500. The number of esters is 1. The Hall–Kier alpha value is -3.23. The Morgan fingerprint density at radius 3 is 1.78 bits per heavy atom. The summed E-state index contributed by atoms with van der Waals surface area (Å²) in [5.41, 5.74) is 3.08. The van der Waals surface area contributed by atoms with Gasteiger partial charge in [-0.15, -0.1) is 0 Å². The predicted molar refractivity (Wildman–Crippen MR) is 178 cm³/mol. The smallest absolute Gasteiger partial charge is 0.303 e. The van der Waals surface area contributed by atoms with Crippen molar-refractivity contribution >= 4 is 5.97 Å². The molecule has 5 rings (SSSR count). The number of hydrogen-bond donors (Lipinski definition) is 0. The van der Waals surface area contributed by atoms with Crippen LogP contribution in [0.3, 0.4) is 0 Å². The average molecular weight is 681 g/mol. The topological polar surface area (TPSA) is 109 Å². The van der Waals surface area contributed by atoms with Gasteiger partial charge in [0.25, 0.3) is 0 Å². The van der Waals surface area contributed by atoms with Gasteiger partial charge >= 0.3 is 5.97 Å². The van der Waals surface area contributed by atoms with E-state index in [9.17, 15) is 4.79 Å². The van der Waals surface area contributed by atoms with E-state index in [2.05, 4.69) is 0 Å². The standard InChI is InChI=1S/C38H48O11/c1-26(39)46-36-35(41-3)31(24-40-2)48-38(42-4)37(36)49-33-20-30(44-22-28-16-10-6-11-17-28)34(45-23-29-18-12-7-13-19-29)32(47-33)25-43-21-27-14-8-5-9-15-27/h5-19,30-38H,20-25H2,1-4H3/t30-,31-,32-,33-,34+,35-,36+,37-,38+/m1/s1. The average Bonchev–Trinajstić information content (AvgIpc) is 3.12. The van der Waals surface area contributed by atoms with Crippen molar-refractivity contribution in [1.82, 2.24) is 0 Å². The summed E-state index contributed by atoms with van der Waals surface area (Å²) in [5.74, 6) is -0.497. The number of carbonyl (C=O) groups is 1. The second-order valence-corrected chi connectivity index (χ2v) is 12.0. The van der Waals surface area contributed by atoms with Crippen LogP contribution in [0.2, 0.25) is 0 Å². The van der Waals surface area contributed by atoms with Crippen LogP contribution in [-0.4, -0.2) is 95.8 Å². The van der Waals surface area contributed by atoms with E-state index >= 15 is 0 Å². The minimum atomic E-state index is -0.914. The van der Waals surface area contributed by atoms with Crippen molar-refractivity contribution in [3.63, 3.8) is 0 Å². The lowest BCUT2D eigenvalue weighted by Gasteiger charge is -2.47. The number of rotatable bonds is 17. The molecule has 0 aromatic heterocycles. The van der Waals surface area contributed by atoms with Crippen molar-refractivity contribution in [2.45, 2.75) is 88.5 Å². The molecule has 0 amide bonds. The van der Waals surface area contributed by atoms with Crippen LogP contribution >= 0.6 is 0 Å². The second-order valence-electron chi connectivity index (χ2n) is 12.0. The SMILES string of the molecule is COC[C@H]1O[C@H](OC)[C@H](O[C@@H]2C[C@@H](OCc3ccccc3)[C@H](OCc3ccccc3)[C@@H](COCc3ccccc3)O2)[C@@H](OC(C)=O)[C@@H]1OC. The minimum absolute atomic E-state index is 0.194. The van der Waals surface area contributed by atoms with Crippen LogP contribution < -0.4 is 0 Å². The van der Waals surface area contributed by atoms with E-state index in [1.54, 1.807) is 7.11 Å². The molecule has 3 aromatic carbocycles. The molecule has 11 nitrogen and oxygen atoms in total. The van der Waals surface area contributed by atoms with Gasteiger partial charge in [0.15, 0.2) is 24.8 Å². The normalized spacial score (nSPS) is 28.6. The monoisotopic (exact) mass is 680 g/mol. The van der Waals surface area contributed by atoms with E-state index in [0.717, 1.165) is 16.7 Å². The number of methoxy groups -OCH3 is 3. The highest BCUT2D eigenvalue weighted by Gasteiger charge is 2.52. The van der Waals surface area contributed by atoms with Gasteiger partial charge in [0.1, 0.15) is 24.4 Å². The molecule has 0 aliphatic carbocycles. The quantitative estimate of drug-likeness (QED) is 0.183. The maximum absolute atomic E-state index is 12.3. The molecular formula is C38H48O11. The first-order valence-electron chi connectivity index (χ1n) is 16.6. The van der Waals surface area contributed by atoms with Crippen LogP contribution in [0.15, 0.2) is 91.0 Å². The Balaban J connectivity index is 1.40. The summed E-state index contributed by atoms with van der Waals surface area (Å²) in [6.45, 7) is 2.84. The lowest BCUT2D eigenvalue weighted by Crippen LogP contribution is -2.63. The third kappa shape index (κ3) is 10.6. The number of ether oxygens (including phenoxy) is 10. The fourth-order valence-electron chi connectivity index (χ4n) is 6.20. The first kappa shape index (κ1) is 37.0. The van der Waals surface area contributed by atoms with Crippen LogP contribution in [0.1, 0.15) is 30.0 Å². The van der Waals surface area contributed by atoms with Crippen LogP contribution in [0.4, 0.5) is 0 Å². The molecule has 2 fully saturated rings. The summed E-state index contributed by atoms with van der Waals surface area (Å²) in [6.07, 6.45) is -6.02. The molecule has 9 atom stereocenters. The van der Waals surface area contributed by atoms with Crippen molar-refractivity contribution in [2.75, 3.05) is 34.5 Å². The highest BCUT2D eigenvalue weighted by molar-refractivity contribution is 5.66. The van der Waals surface area contributed by atoms with Gasteiger partial charge in [-0.25, -0.2) is 0 Å². The summed E-state index contributed by atoms with van der Waals surface area (Å²) in [7, 11) is 4.59. The van der Waals surface area contributed by atoms with Gasteiger partial charge in [-0.2, -0.15) is 0 Å². The van der Waals surface area contributed by atoms with Gasteiger partial charge in [0, 0.05) is 34.7 Å². The van der Waals surface area contributed by atoms with E-state index < -0.39 is 61.3 Å². The van der Waals surface area contributed by atoms with Gasteiger partial charge in [0.05, 0.1) is 39.1 Å². The second kappa shape index (κ2) is 19.2. The molecule has 0 spiro atoms. The first-order valence-corrected chi connectivity index (χ1v) is 16.6. The van der Waals surface area contributed by atoms with Gasteiger partial charge in [-0.1, -0.05) is 91.0 Å². The van der Waals surface area contributed by atoms with Crippen LogP contribution in [-0.2, 0) is 72.0 Å². The largest absolute Gasteiger partial charge is 0.457 e. The van der Waals surface area contributed by atoms with E-state index in [1.807, 2.05) is 91.0 Å². The van der Waals surface area contributed by atoms with Crippen molar-refractivity contribution in [3.8, 4) is 0 Å². The molecule has 0 bridgehead atoms. The third-order valence-electron chi connectivity index (χ3n) is 8.51. The van der Waals surface area contributed by atoms with Crippen LogP contribution in [0.5, 0.6) is 0 Å². The van der Waals surface area contributed by atoms with Gasteiger partial charge in [-0.3, -0.25) is 4.79 Å². The Labute approximate surface area is 288 Å². The first-order chi connectivity index (χ1) is 24.0. The van der Waals surface area contributed by atoms with Gasteiger partial charge < -0.3 is 47.4 Å². The summed E-state index contributed by atoms with van der Waals surface area (Å²) in [4.78, 5) is 12.3. The maximum atomic E-state index is 12.3. The van der Waals surface area contributed by atoms with E-state index in [4.69, 9.17) is 47.4 Å². The van der Waals surface area contributed by atoms with Crippen molar-refractivity contribution in [2.24, 2.45) is 0 Å². The van der Waals surface area contributed by atoms with Crippen LogP contribution in [0, 0.1) is 0 Å². The molecule has 2 aliphatic rings. The lowest BCUT2D eigenvalue weighted by molar-refractivity contribution is -0.354. The van der Waals surface area contributed by atoms with Crippen molar-refractivity contribution in [3.05, 3.63) is 108 Å². The van der Waals surface area contributed by atoms with E-state index in [-0.39, 0.29) is 13.2 Å². The molecule has 11 heteroatoms. The molecule has 0 N–H and O–H groups in total. The zero-order valence-corrected chi connectivity index (χ0v) is 28.6. The molecule has 0 radical (unpaired) electrons. The summed E-state index contributed by atoms with van der Waals surface area (Å²) in [6, 6.07) is 29.8. The summed E-state index contributed by atoms with van der Waals surface area (Å²) in [5, 5.41) is 0. The molecule has 2 heterocycles. The summed E-state index contributed by atoms with van der Waals surface area (Å²) >= 11 is 0. The molecule has 49 heavy (non-hydrogen) atoms. The Kier molecular flexibility index (Phi) is 14.5. The molecule has 3 aromatic rings. The number of carbonyl (C=O) groups excluding carboxylic acids is 1. The Morgan fingerprint density at radius 1 is 0.653 bits per heavy atom. The predicted octanol–water partition coefficient (Wildman–Crippen LogP) is 4.84. The fourth-order valence-corrected chi connectivity index (χ4v) is 6.20. The molecule has 2 saturated heterocycles. The maximum Gasteiger partial charge on any atom is 0.303 e. The molecular weight excluding hydrogens is 632 g/mol. The zero-order valence-electron chi connectivity index (χ0n) is 28.6. The minimum Gasteiger partial charge on any atom is -0.457 e. The Bertz CT molecular complexity index is 1360. The number of benzene rings is 3. The Morgan fingerprint density at radius 2 is 1.22 bits per heavy atom. The van der Waals surface area contributed by atoms with E-state index in [1.165, 1.54) is 21.1 Å². The molecule has 266 valence electrons. The van der Waals surface area contributed by atoms with Gasteiger partial charge in [0.2, 0.25) is 0 Å². The summed E-state index contributed by atoms with van der Waals surface area (Å²) < 4.78 is 61.5. The zero-order chi connectivity index (χ0) is 34.4. The highest BCUT2D eigenvalue weighted by Crippen LogP contribution is 2.34.